The summed E-state index contributed by atoms with van der Waals surface area (Å²) in [5, 5.41) is 0. The predicted octanol–water partition coefficient (Wildman–Crippen LogP) is 1.70. The Balaban J connectivity index is 2.70. The first-order chi connectivity index (χ1) is 4.88. The SMILES string of the molecule is C=[N+]1C=Nc2ccccc21. The van der Waals surface area contributed by atoms with E-state index in [0.29, 0.717) is 0 Å². The Bertz CT molecular complexity index is 313. The lowest BCUT2D eigenvalue weighted by molar-refractivity contribution is -0.277. The summed E-state index contributed by atoms with van der Waals surface area (Å²) >= 11 is 0. The Morgan fingerprint density at radius 3 is 2.90 bits per heavy atom. The zero-order chi connectivity index (χ0) is 6.97. The molecule has 0 amide bonds. The van der Waals surface area contributed by atoms with Crippen LogP contribution in [0.3, 0.4) is 0 Å². The molecule has 0 spiro atoms. The molecule has 1 aromatic carbocycles. The van der Waals surface area contributed by atoms with Crippen LogP contribution in [0.25, 0.3) is 0 Å². The van der Waals surface area contributed by atoms with Crippen LogP contribution in [0.15, 0.2) is 29.3 Å². The first-order valence-electron chi connectivity index (χ1n) is 3.11. The molecule has 0 saturated heterocycles. The van der Waals surface area contributed by atoms with Gasteiger partial charge < -0.3 is 0 Å². The van der Waals surface area contributed by atoms with Gasteiger partial charge in [0.15, 0.2) is 5.69 Å². The molecule has 0 atom stereocenters. The molecule has 1 aliphatic rings. The number of aliphatic imine (C=N–C) groups is 1. The monoisotopic (exact) mass is 131 g/mol. The summed E-state index contributed by atoms with van der Waals surface area (Å²) in [5.41, 5.74) is 2.07. The predicted molar refractivity (Wildman–Crippen MR) is 41.6 cm³/mol. The van der Waals surface area contributed by atoms with Crippen molar-refractivity contribution in [1.29, 1.82) is 0 Å². The lowest BCUT2D eigenvalue weighted by Crippen LogP contribution is -1.91. The summed E-state index contributed by atoms with van der Waals surface area (Å²) in [7, 11) is 0. The van der Waals surface area contributed by atoms with Crippen LogP contribution in [0.5, 0.6) is 0 Å². The third-order valence-corrected chi connectivity index (χ3v) is 1.53. The van der Waals surface area contributed by atoms with Gasteiger partial charge in [0, 0.05) is 0 Å². The molecule has 10 heavy (non-hydrogen) atoms. The molecule has 0 N–H and O–H groups in total. The van der Waals surface area contributed by atoms with Gasteiger partial charge in [-0.25, -0.2) is 4.58 Å². The van der Waals surface area contributed by atoms with Crippen LogP contribution in [0, 0.1) is 0 Å². The van der Waals surface area contributed by atoms with Crippen molar-refractivity contribution in [1.82, 2.24) is 0 Å². The van der Waals surface area contributed by atoms with Gasteiger partial charge in [-0.15, -0.1) is 0 Å². The van der Waals surface area contributed by atoms with E-state index in [2.05, 4.69) is 11.7 Å². The Kier molecular flexibility index (Phi) is 0.947. The van der Waals surface area contributed by atoms with E-state index in [1.165, 1.54) is 0 Å². The summed E-state index contributed by atoms with van der Waals surface area (Å²) in [6.45, 7) is 3.76. The average molecular weight is 131 g/mol. The Labute approximate surface area is 59.2 Å². The number of hydrogen-bond acceptors (Lipinski definition) is 1. The Morgan fingerprint density at radius 2 is 2.10 bits per heavy atom. The summed E-state index contributed by atoms with van der Waals surface area (Å²) in [4.78, 5) is 4.12. The maximum Gasteiger partial charge on any atom is 0.291 e. The van der Waals surface area contributed by atoms with Crippen LogP contribution in [0.4, 0.5) is 11.4 Å². The van der Waals surface area contributed by atoms with E-state index in [1.54, 1.807) is 10.9 Å². The molecule has 2 nitrogen and oxygen atoms in total. The molecule has 0 unspecified atom stereocenters. The van der Waals surface area contributed by atoms with Gasteiger partial charge in [-0.3, -0.25) is 0 Å². The number of nitrogens with zero attached hydrogens (tertiary/aromatic N) is 2. The highest BCUT2D eigenvalue weighted by atomic mass is 15.1. The molecule has 0 aromatic heterocycles. The number of fused-ring (bicyclic) bond motifs is 1. The molecule has 48 valence electrons. The highest BCUT2D eigenvalue weighted by molar-refractivity contribution is 5.73. The summed E-state index contributed by atoms with van der Waals surface area (Å²) in [6.07, 6.45) is 1.71. The fraction of sp³-hybridized carbons (Fsp3) is 0. The summed E-state index contributed by atoms with van der Waals surface area (Å²) in [6, 6.07) is 7.91. The second-order valence-electron chi connectivity index (χ2n) is 2.20. The summed E-state index contributed by atoms with van der Waals surface area (Å²) in [5.74, 6) is 0. The normalized spacial score (nSPS) is 13.8. The van der Waals surface area contributed by atoms with Gasteiger partial charge in [0.05, 0.1) is 6.72 Å². The number of hydrogen-bond donors (Lipinski definition) is 0. The van der Waals surface area contributed by atoms with E-state index in [0.717, 1.165) is 11.4 Å². The minimum atomic E-state index is 0.998. The van der Waals surface area contributed by atoms with Gasteiger partial charge >= 0.3 is 0 Å². The fourth-order valence-electron chi connectivity index (χ4n) is 1.01. The van der Waals surface area contributed by atoms with E-state index < -0.39 is 0 Å². The van der Waals surface area contributed by atoms with Crippen LogP contribution in [0.1, 0.15) is 0 Å². The zero-order valence-corrected chi connectivity index (χ0v) is 5.49. The Morgan fingerprint density at radius 1 is 1.30 bits per heavy atom. The molecule has 0 fully saturated rings. The van der Waals surface area contributed by atoms with Gasteiger partial charge in [-0.05, 0) is 17.1 Å². The van der Waals surface area contributed by atoms with Crippen molar-refractivity contribution in [3.63, 3.8) is 0 Å². The van der Waals surface area contributed by atoms with Crippen LogP contribution >= 0.6 is 0 Å². The van der Waals surface area contributed by atoms with E-state index in [-0.39, 0.29) is 0 Å². The first kappa shape index (κ1) is 5.35. The van der Waals surface area contributed by atoms with E-state index >= 15 is 0 Å². The molecule has 0 radical (unpaired) electrons. The molecule has 1 aromatic rings. The Hall–Kier alpha value is -1.44. The maximum absolute atomic E-state index is 4.12. The molecule has 1 heterocycles. The van der Waals surface area contributed by atoms with Crippen LogP contribution in [-0.4, -0.2) is 17.6 Å². The fourth-order valence-corrected chi connectivity index (χ4v) is 1.01. The molecule has 2 rings (SSSR count). The number of rotatable bonds is 0. The third kappa shape index (κ3) is 0.589. The topological polar surface area (TPSA) is 15.4 Å². The van der Waals surface area contributed by atoms with Crippen molar-refractivity contribution < 1.29 is 4.58 Å². The van der Waals surface area contributed by atoms with Crippen molar-refractivity contribution in [2.24, 2.45) is 4.99 Å². The van der Waals surface area contributed by atoms with Gasteiger partial charge in [0.2, 0.25) is 5.69 Å². The van der Waals surface area contributed by atoms with Crippen molar-refractivity contribution in [3.8, 4) is 0 Å². The van der Waals surface area contributed by atoms with Crippen molar-refractivity contribution in [2.75, 3.05) is 0 Å². The lowest BCUT2D eigenvalue weighted by Gasteiger charge is -1.88. The van der Waals surface area contributed by atoms with E-state index in [1.807, 2.05) is 24.3 Å². The van der Waals surface area contributed by atoms with Gasteiger partial charge in [0.25, 0.3) is 6.34 Å². The smallest absolute Gasteiger partial charge is 0.205 e. The van der Waals surface area contributed by atoms with Crippen LogP contribution in [-0.2, 0) is 0 Å². The molecular formula is C8H7N2+. The molecule has 2 heteroatoms. The molecule has 0 saturated carbocycles. The quantitative estimate of drug-likeness (QED) is 0.476. The molecule has 0 bridgehead atoms. The molecule has 1 aliphatic heterocycles. The van der Waals surface area contributed by atoms with Gasteiger partial charge in [-0.1, -0.05) is 12.1 Å². The maximum atomic E-state index is 4.12. The molecule has 0 aliphatic carbocycles. The second-order valence-corrected chi connectivity index (χ2v) is 2.20. The molecular weight excluding hydrogens is 124 g/mol. The van der Waals surface area contributed by atoms with E-state index in [9.17, 15) is 0 Å². The van der Waals surface area contributed by atoms with Crippen LogP contribution in [0.2, 0.25) is 0 Å². The standard InChI is InChI=1S/C8H7N2/c1-10-6-9-7-4-2-3-5-8(7)10/h2-6H,1H2/q+1. The largest absolute Gasteiger partial charge is 0.291 e. The number of benzene rings is 1. The number of para-hydroxylation sites is 2. The van der Waals surface area contributed by atoms with E-state index in [4.69, 9.17) is 0 Å². The average Bonchev–Trinajstić information content (AvgIpc) is 2.34. The zero-order valence-electron chi connectivity index (χ0n) is 5.49. The third-order valence-electron chi connectivity index (χ3n) is 1.53. The van der Waals surface area contributed by atoms with Crippen molar-refractivity contribution in [2.45, 2.75) is 0 Å². The highest BCUT2D eigenvalue weighted by Crippen LogP contribution is 2.29. The van der Waals surface area contributed by atoms with Crippen molar-refractivity contribution >= 4 is 24.4 Å². The second kappa shape index (κ2) is 1.77. The summed E-state index contributed by atoms with van der Waals surface area (Å²) < 4.78 is 1.76. The lowest BCUT2D eigenvalue weighted by atomic mass is 10.3. The van der Waals surface area contributed by atoms with Crippen LogP contribution < -0.4 is 0 Å². The minimum absolute atomic E-state index is 0.998. The van der Waals surface area contributed by atoms with Gasteiger partial charge in [0.1, 0.15) is 0 Å². The minimum Gasteiger partial charge on any atom is -0.205 e. The first-order valence-corrected chi connectivity index (χ1v) is 3.11. The highest BCUT2D eigenvalue weighted by Gasteiger charge is 2.16. The van der Waals surface area contributed by atoms with Gasteiger partial charge in [-0.2, -0.15) is 0 Å². The van der Waals surface area contributed by atoms with Crippen molar-refractivity contribution in [3.05, 3.63) is 24.3 Å².